The van der Waals surface area contributed by atoms with Crippen molar-refractivity contribution in [3.05, 3.63) is 77.4 Å². The normalized spacial score (nSPS) is 11.5. The van der Waals surface area contributed by atoms with Gasteiger partial charge in [-0.3, -0.25) is 4.79 Å². The molecule has 0 aliphatic rings. The Kier molecular flexibility index (Phi) is 6.58. The summed E-state index contributed by atoms with van der Waals surface area (Å²) in [4.78, 5) is 11.6. The predicted molar refractivity (Wildman–Crippen MR) is 94.6 cm³/mol. The van der Waals surface area contributed by atoms with E-state index in [4.69, 9.17) is 4.74 Å². The molecule has 0 spiro atoms. The highest BCUT2D eigenvalue weighted by Gasteiger charge is 2.09. The molecule has 4 nitrogen and oxygen atoms in total. The van der Waals surface area contributed by atoms with Gasteiger partial charge in [-0.15, -0.1) is 0 Å². The summed E-state index contributed by atoms with van der Waals surface area (Å²) in [6.45, 7) is 4.33. The van der Waals surface area contributed by atoms with Crippen LogP contribution in [-0.4, -0.2) is 17.6 Å². The second-order valence-electron chi connectivity index (χ2n) is 5.83. The number of ether oxygens (including phenoxy) is 1. The first-order chi connectivity index (χ1) is 11.5. The van der Waals surface area contributed by atoms with E-state index in [1.165, 1.54) is 6.08 Å². The quantitative estimate of drug-likeness (QED) is 0.767. The number of carbonyl (C=O) groups excluding carboxylic acids is 1. The number of amides is 1. The molecule has 1 atom stereocenters. The molecule has 0 saturated heterocycles. The van der Waals surface area contributed by atoms with Crippen LogP contribution in [0.25, 0.3) is 0 Å². The minimum atomic E-state index is -0.778. The molecule has 1 amide bonds. The van der Waals surface area contributed by atoms with Gasteiger partial charge in [-0.2, -0.15) is 0 Å². The third-order valence-electron chi connectivity index (χ3n) is 3.38. The molecule has 0 aromatic heterocycles. The lowest BCUT2D eigenvalue weighted by molar-refractivity contribution is -0.117. The first-order valence-corrected chi connectivity index (χ1v) is 7.92. The summed E-state index contributed by atoms with van der Waals surface area (Å²) in [5, 5.41) is 12.9. The molecule has 2 aromatic rings. The summed E-state index contributed by atoms with van der Waals surface area (Å²) in [6, 6.07) is 17.2. The molecule has 0 radical (unpaired) electrons. The smallest absolute Gasteiger partial charge is 0.244 e. The first kappa shape index (κ1) is 17.8. The second-order valence-corrected chi connectivity index (χ2v) is 5.83. The topological polar surface area (TPSA) is 58.6 Å². The van der Waals surface area contributed by atoms with Gasteiger partial charge in [-0.05, 0) is 37.1 Å². The van der Waals surface area contributed by atoms with Crippen LogP contribution in [0.5, 0.6) is 5.75 Å². The van der Waals surface area contributed by atoms with Gasteiger partial charge in [0.25, 0.3) is 0 Å². The minimum absolute atomic E-state index is 0.157. The van der Waals surface area contributed by atoms with E-state index in [-0.39, 0.29) is 12.5 Å². The number of hydrogen-bond acceptors (Lipinski definition) is 3. The fourth-order valence-electron chi connectivity index (χ4n) is 2.18. The molecule has 0 aliphatic heterocycles. The SMILES string of the molecule is CC(C)=CC(=O)NCC(O)c1cccc(OCc2ccccc2)c1. The first-order valence-electron chi connectivity index (χ1n) is 7.92. The van der Waals surface area contributed by atoms with Crippen molar-refractivity contribution in [1.29, 1.82) is 0 Å². The summed E-state index contributed by atoms with van der Waals surface area (Å²) in [5.41, 5.74) is 2.70. The third-order valence-corrected chi connectivity index (χ3v) is 3.38. The molecule has 126 valence electrons. The van der Waals surface area contributed by atoms with Crippen molar-refractivity contribution in [2.45, 2.75) is 26.6 Å². The molecule has 0 saturated carbocycles. The van der Waals surface area contributed by atoms with Crippen LogP contribution in [-0.2, 0) is 11.4 Å². The van der Waals surface area contributed by atoms with E-state index < -0.39 is 6.10 Å². The van der Waals surface area contributed by atoms with Crippen molar-refractivity contribution in [2.75, 3.05) is 6.54 Å². The zero-order chi connectivity index (χ0) is 17.4. The lowest BCUT2D eigenvalue weighted by Gasteiger charge is -2.13. The highest BCUT2D eigenvalue weighted by atomic mass is 16.5. The van der Waals surface area contributed by atoms with E-state index in [9.17, 15) is 9.90 Å². The molecular weight excluding hydrogens is 302 g/mol. The van der Waals surface area contributed by atoms with Gasteiger partial charge in [-0.25, -0.2) is 0 Å². The van der Waals surface area contributed by atoms with Crippen LogP contribution < -0.4 is 10.1 Å². The Balaban J connectivity index is 1.91. The third kappa shape index (κ3) is 5.89. The molecule has 0 fully saturated rings. The van der Waals surface area contributed by atoms with Crippen LogP contribution in [0.1, 0.15) is 31.1 Å². The van der Waals surface area contributed by atoms with E-state index >= 15 is 0 Å². The second kappa shape index (κ2) is 8.89. The van der Waals surface area contributed by atoms with Gasteiger partial charge >= 0.3 is 0 Å². The number of aliphatic hydroxyl groups is 1. The summed E-state index contributed by atoms with van der Waals surface area (Å²) >= 11 is 0. The van der Waals surface area contributed by atoms with E-state index in [1.54, 1.807) is 6.07 Å². The monoisotopic (exact) mass is 325 g/mol. The van der Waals surface area contributed by atoms with Gasteiger partial charge in [0.1, 0.15) is 12.4 Å². The summed E-state index contributed by atoms with van der Waals surface area (Å²) < 4.78 is 5.75. The molecule has 2 rings (SSSR count). The van der Waals surface area contributed by atoms with E-state index in [0.29, 0.717) is 17.9 Å². The number of benzene rings is 2. The highest BCUT2D eigenvalue weighted by Crippen LogP contribution is 2.20. The highest BCUT2D eigenvalue weighted by molar-refractivity contribution is 5.88. The van der Waals surface area contributed by atoms with E-state index in [2.05, 4.69) is 5.32 Å². The lowest BCUT2D eigenvalue weighted by Crippen LogP contribution is -2.26. The Morgan fingerprint density at radius 1 is 1.17 bits per heavy atom. The maximum absolute atomic E-state index is 11.6. The molecule has 1 unspecified atom stereocenters. The van der Waals surface area contributed by atoms with Crippen molar-refractivity contribution in [3.8, 4) is 5.75 Å². The molecule has 0 aliphatic carbocycles. The van der Waals surface area contributed by atoms with Crippen molar-refractivity contribution < 1.29 is 14.6 Å². The lowest BCUT2D eigenvalue weighted by atomic mass is 10.1. The summed E-state index contributed by atoms with van der Waals surface area (Å²) in [5.74, 6) is 0.483. The standard InChI is InChI=1S/C20H23NO3/c1-15(2)11-20(23)21-13-19(22)17-9-6-10-18(12-17)24-14-16-7-4-3-5-8-16/h3-12,19,22H,13-14H2,1-2H3,(H,21,23). The van der Waals surface area contributed by atoms with Crippen LogP contribution in [0.4, 0.5) is 0 Å². The van der Waals surface area contributed by atoms with Crippen LogP contribution in [0.2, 0.25) is 0 Å². The van der Waals surface area contributed by atoms with Gasteiger partial charge < -0.3 is 15.2 Å². The van der Waals surface area contributed by atoms with Crippen molar-refractivity contribution in [2.24, 2.45) is 0 Å². The summed E-state index contributed by atoms with van der Waals surface area (Å²) in [6.07, 6.45) is 0.728. The number of carbonyl (C=O) groups is 1. The molecule has 2 N–H and O–H groups in total. The predicted octanol–water partition coefficient (Wildman–Crippen LogP) is 3.38. The Bertz CT molecular complexity index is 691. The molecule has 0 bridgehead atoms. The fourth-order valence-corrected chi connectivity index (χ4v) is 2.18. The Labute approximate surface area is 142 Å². The average molecular weight is 325 g/mol. The van der Waals surface area contributed by atoms with Gasteiger partial charge in [0.05, 0.1) is 6.10 Å². The Morgan fingerprint density at radius 2 is 1.92 bits per heavy atom. The van der Waals surface area contributed by atoms with E-state index in [0.717, 1.165) is 11.1 Å². The maximum atomic E-state index is 11.6. The number of aliphatic hydroxyl groups excluding tert-OH is 1. The molecule has 24 heavy (non-hydrogen) atoms. The average Bonchev–Trinajstić information content (AvgIpc) is 2.58. The van der Waals surface area contributed by atoms with Crippen molar-refractivity contribution >= 4 is 5.91 Å². The molecule has 2 aromatic carbocycles. The molecule has 0 heterocycles. The Morgan fingerprint density at radius 3 is 2.62 bits per heavy atom. The van der Waals surface area contributed by atoms with Crippen LogP contribution in [0, 0.1) is 0 Å². The number of hydrogen-bond donors (Lipinski definition) is 2. The van der Waals surface area contributed by atoms with Crippen LogP contribution in [0.3, 0.4) is 0 Å². The number of rotatable bonds is 7. The summed E-state index contributed by atoms with van der Waals surface area (Å²) in [7, 11) is 0. The number of allylic oxidation sites excluding steroid dienone is 1. The largest absolute Gasteiger partial charge is 0.489 e. The van der Waals surface area contributed by atoms with Gasteiger partial charge in [0.15, 0.2) is 0 Å². The number of nitrogens with one attached hydrogen (secondary N) is 1. The van der Waals surface area contributed by atoms with E-state index in [1.807, 2.05) is 62.4 Å². The van der Waals surface area contributed by atoms with Gasteiger partial charge in [0, 0.05) is 12.6 Å². The molecular formula is C20H23NO3. The minimum Gasteiger partial charge on any atom is -0.489 e. The molecule has 4 heteroatoms. The maximum Gasteiger partial charge on any atom is 0.244 e. The van der Waals surface area contributed by atoms with Crippen LogP contribution in [0.15, 0.2) is 66.2 Å². The zero-order valence-electron chi connectivity index (χ0n) is 14.0. The fraction of sp³-hybridized carbons (Fsp3) is 0.250. The van der Waals surface area contributed by atoms with Gasteiger partial charge in [0.2, 0.25) is 5.91 Å². The van der Waals surface area contributed by atoms with Crippen molar-refractivity contribution in [3.63, 3.8) is 0 Å². The zero-order valence-corrected chi connectivity index (χ0v) is 14.0. The van der Waals surface area contributed by atoms with Crippen LogP contribution >= 0.6 is 0 Å². The van der Waals surface area contributed by atoms with Gasteiger partial charge in [-0.1, -0.05) is 48.0 Å². The Hall–Kier alpha value is -2.59. The van der Waals surface area contributed by atoms with Crippen molar-refractivity contribution in [1.82, 2.24) is 5.32 Å².